The minimum atomic E-state index is -1.24. The number of hydrogen-bond acceptors (Lipinski definition) is 2. The Morgan fingerprint density at radius 2 is 1.57 bits per heavy atom. The smallest absolute Gasteiger partial charge is 0.388 e. The number of amides is 1. The molecule has 1 amide bonds. The van der Waals surface area contributed by atoms with E-state index in [2.05, 4.69) is 12.2 Å². The Balaban J connectivity index is 4.67. The summed E-state index contributed by atoms with van der Waals surface area (Å²) < 4.78 is 0.178. The summed E-state index contributed by atoms with van der Waals surface area (Å²) in [5.74, 6) is -1.12. The quantitative estimate of drug-likeness (QED) is 0.350. The number of rotatable bonds is 11. The number of likely N-dealkylation sites (N-methyl/N-ethyl adjacent to an activating group) is 1. The molecule has 0 saturated heterocycles. The van der Waals surface area contributed by atoms with E-state index in [0.717, 1.165) is 19.3 Å². The second-order valence-electron chi connectivity index (χ2n) is 6.64. The number of carbonyl (C=O) groups excluding carboxylic acids is 1. The van der Waals surface area contributed by atoms with E-state index in [1.165, 1.54) is 12.8 Å². The zero-order chi connectivity index (χ0) is 16.5. The summed E-state index contributed by atoms with van der Waals surface area (Å²) in [6.07, 6.45) is 6.89. The predicted molar refractivity (Wildman–Crippen MR) is 84.8 cm³/mol. The first-order valence-electron chi connectivity index (χ1n) is 8.07. The van der Waals surface area contributed by atoms with Crippen molar-refractivity contribution in [2.45, 2.75) is 70.9 Å². The van der Waals surface area contributed by atoms with Crippen LogP contribution in [0.15, 0.2) is 0 Å². The molecule has 0 fully saturated rings. The lowest BCUT2D eigenvalue weighted by atomic mass is 9.99. The maximum atomic E-state index is 12.1. The van der Waals surface area contributed by atoms with E-state index in [1.807, 2.05) is 28.1 Å². The largest absolute Gasteiger partial charge is 0.475 e. The van der Waals surface area contributed by atoms with Gasteiger partial charge in [0.05, 0.1) is 21.1 Å². The van der Waals surface area contributed by atoms with Crippen LogP contribution < -0.4 is 5.32 Å². The SMILES string of the molecule is CCCCCCCC(=O)NC(CCC)(C(=O)O)[N+](C)(C)C. The molecule has 5 heteroatoms. The van der Waals surface area contributed by atoms with Crippen LogP contribution in [0.3, 0.4) is 0 Å². The van der Waals surface area contributed by atoms with Crippen LogP contribution in [-0.2, 0) is 9.59 Å². The molecule has 0 aliphatic heterocycles. The molecule has 5 nitrogen and oxygen atoms in total. The van der Waals surface area contributed by atoms with Crippen LogP contribution in [0.1, 0.15) is 65.2 Å². The summed E-state index contributed by atoms with van der Waals surface area (Å²) in [5, 5.41) is 12.4. The second kappa shape index (κ2) is 9.03. The monoisotopic (exact) mass is 301 g/mol. The van der Waals surface area contributed by atoms with E-state index in [4.69, 9.17) is 0 Å². The lowest BCUT2D eigenvalue weighted by Crippen LogP contribution is -2.71. The highest BCUT2D eigenvalue weighted by Crippen LogP contribution is 2.23. The predicted octanol–water partition coefficient (Wildman–Crippen LogP) is 2.75. The molecule has 2 N–H and O–H groups in total. The van der Waals surface area contributed by atoms with Gasteiger partial charge in [-0.2, -0.15) is 0 Å². The van der Waals surface area contributed by atoms with E-state index in [1.54, 1.807) is 0 Å². The zero-order valence-electron chi connectivity index (χ0n) is 14.4. The molecule has 0 saturated carbocycles. The topological polar surface area (TPSA) is 66.4 Å². The van der Waals surface area contributed by atoms with E-state index >= 15 is 0 Å². The van der Waals surface area contributed by atoms with Gasteiger partial charge in [0.2, 0.25) is 5.91 Å². The first-order valence-corrected chi connectivity index (χ1v) is 8.07. The molecule has 0 aliphatic rings. The van der Waals surface area contributed by atoms with E-state index in [9.17, 15) is 14.7 Å². The Bertz CT molecular complexity index is 337. The average Bonchev–Trinajstić information content (AvgIpc) is 2.36. The van der Waals surface area contributed by atoms with Crippen molar-refractivity contribution >= 4 is 11.9 Å². The highest BCUT2D eigenvalue weighted by Gasteiger charge is 2.51. The van der Waals surface area contributed by atoms with Crippen LogP contribution in [0.25, 0.3) is 0 Å². The molecule has 0 aromatic rings. The van der Waals surface area contributed by atoms with Gasteiger partial charge in [-0.3, -0.25) is 14.6 Å². The van der Waals surface area contributed by atoms with Crippen LogP contribution in [0.2, 0.25) is 0 Å². The third-order valence-electron chi connectivity index (χ3n) is 3.96. The van der Waals surface area contributed by atoms with Crippen molar-refractivity contribution in [3.63, 3.8) is 0 Å². The summed E-state index contributed by atoms with van der Waals surface area (Å²) in [6, 6.07) is 0. The van der Waals surface area contributed by atoms with Gasteiger partial charge in [-0.1, -0.05) is 39.5 Å². The molecule has 0 aromatic heterocycles. The van der Waals surface area contributed by atoms with Crippen LogP contribution in [-0.4, -0.2) is 48.3 Å². The van der Waals surface area contributed by atoms with Gasteiger partial charge >= 0.3 is 5.97 Å². The minimum absolute atomic E-state index is 0.157. The second-order valence-corrected chi connectivity index (χ2v) is 6.64. The summed E-state index contributed by atoms with van der Waals surface area (Å²) in [7, 11) is 5.43. The maximum absolute atomic E-state index is 12.1. The van der Waals surface area contributed by atoms with Gasteiger partial charge in [-0.25, -0.2) is 4.79 Å². The van der Waals surface area contributed by atoms with E-state index in [0.29, 0.717) is 19.3 Å². The summed E-state index contributed by atoms with van der Waals surface area (Å²) in [5.41, 5.74) is -1.24. The van der Waals surface area contributed by atoms with Gasteiger partial charge in [-0.15, -0.1) is 0 Å². The fraction of sp³-hybridized carbons (Fsp3) is 0.875. The summed E-state index contributed by atoms with van der Waals surface area (Å²) in [4.78, 5) is 23.9. The maximum Gasteiger partial charge on any atom is 0.388 e. The number of carboxylic acids is 1. The van der Waals surface area contributed by atoms with Gasteiger partial charge in [0, 0.05) is 12.8 Å². The van der Waals surface area contributed by atoms with Gasteiger partial charge in [0.25, 0.3) is 5.66 Å². The lowest BCUT2D eigenvalue weighted by molar-refractivity contribution is -0.917. The molecular weight excluding hydrogens is 268 g/mol. The normalized spacial score (nSPS) is 14.5. The third-order valence-corrected chi connectivity index (χ3v) is 3.96. The fourth-order valence-electron chi connectivity index (χ4n) is 2.56. The summed E-state index contributed by atoms with van der Waals surface area (Å²) in [6.45, 7) is 4.09. The molecule has 0 spiro atoms. The van der Waals surface area contributed by atoms with Crippen molar-refractivity contribution in [1.29, 1.82) is 0 Å². The average molecular weight is 301 g/mol. The van der Waals surface area contributed by atoms with Crippen LogP contribution in [0.5, 0.6) is 0 Å². The minimum Gasteiger partial charge on any atom is -0.475 e. The Kier molecular flexibility index (Phi) is 8.55. The first-order chi connectivity index (χ1) is 9.71. The van der Waals surface area contributed by atoms with Crippen molar-refractivity contribution < 1.29 is 19.2 Å². The van der Waals surface area contributed by atoms with Crippen LogP contribution >= 0.6 is 0 Å². The van der Waals surface area contributed by atoms with Crippen molar-refractivity contribution in [3.05, 3.63) is 0 Å². The Morgan fingerprint density at radius 3 is 2.00 bits per heavy atom. The molecule has 0 aromatic carbocycles. The summed E-state index contributed by atoms with van der Waals surface area (Å²) >= 11 is 0. The number of nitrogens with zero attached hydrogens (tertiary/aromatic N) is 1. The molecule has 0 bridgehead atoms. The Hall–Kier alpha value is -1.10. The van der Waals surface area contributed by atoms with Crippen molar-refractivity contribution in [1.82, 2.24) is 5.32 Å². The number of carbonyl (C=O) groups is 2. The molecular formula is C16H33N2O3+. The standard InChI is InChI=1S/C16H32N2O3/c1-6-8-9-10-11-12-14(19)17-16(13-7-2,15(20)21)18(3,4)5/h6-13H2,1-5H3,(H-,17,19,20,21)/p+1. The first kappa shape index (κ1) is 19.9. The number of aliphatic carboxylic acids is 1. The number of hydrogen-bond donors (Lipinski definition) is 2. The number of quaternary nitrogens is 1. The van der Waals surface area contributed by atoms with Gasteiger partial charge in [-0.05, 0) is 12.8 Å². The van der Waals surface area contributed by atoms with Crippen molar-refractivity contribution in [2.75, 3.05) is 21.1 Å². The lowest BCUT2D eigenvalue weighted by Gasteiger charge is -2.43. The van der Waals surface area contributed by atoms with Gasteiger partial charge < -0.3 is 5.11 Å². The van der Waals surface area contributed by atoms with Crippen molar-refractivity contribution in [3.8, 4) is 0 Å². The van der Waals surface area contributed by atoms with Gasteiger partial charge in [0.1, 0.15) is 0 Å². The molecule has 21 heavy (non-hydrogen) atoms. The molecule has 124 valence electrons. The van der Waals surface area contributed by atoms with Crippen LogP contribution in [0.4, 0.5) is 0 Å². The van der Waals surface area contributed by atoms with E-state index in [-0.39, 0.29) is 10.4 Å². The molecule has 0 radical (unpaired) electrons. The van der Waals surface area contributed by atoms with Gasteiger partial charge in [0.15, 0.2) is 0 Å². The zero-order valence-corrected chi connectivity index (χ0v) is 14.4. The molecule has 1 unspecified atom stereocenters. The molecule has 1 atom stereocenters. The Morgan fingerprint density at radius 1 is 1.00 bits per heavy atom. The fourth-order valence-corrected chi connectivity index (χ4v) is 2.56. The van der Waals surface area contributed by atoms with Crippen LogP contribution in [0, 0.1) is 0 Å². The third kappa shape index (κ3) is 6.04. The molecule has 0 heterocycles. The number of nitrogens with one attached hydrogen (secondary N) is 1. The number of carboxylic acid groups (broad SMARTS) is 1. The highest BCUT2D eigenvalue weighted by molar-refractivity contribution is 5.85. The molecule has 0 rings (SSSR count). The number of unbranched alkanes of at least 4 members (excludes halogenated alkanes) is 4. The molecule has 0 aliphatic carbocycles. The van der Waals surface area contributed by atoms with E-state index < -0.39 is 11.6 Å². The Labute approximate surface area is 129 Å². The van der Waals surface area contributed by atoms with Crippen molar-refractivity contribution in [2.24, 2.45) is 0 Å². The highest BCUT2D eigenvalue weighted by atomic mass is 16.4.